The summed E-state index contributed by atoms with van der Waals surface area (Å²) in [5.74, 6) is 1.43. The average Bonchev–Trinajstić information content (AvgIpc) is 2.42. The average molecular weight is 189 g/mol. The maximum Gasteiger partial charge on any atom is 0.208 e. The standard InChI is InChI=1S/C8H15NO2S/c1-12(10,11)9-8-5-6-2-3-7(8)4-6/h6-9H,2-5H2,1H3/t6-,7+,8+/m1/s1. The Bertz CT molecular complexity index is 273. The zero-order valence-corrected chi connectivity index (χ0v) is 8.10. The molecule has 0 radical (unpaired) electrons. The minimum absolute atomic E-state index is 0.249. The van der Waals surface area contributed by atoms with E-state index in [0.29, 0.717) is 5.92 Å². The largest absolute Gasteiger partial charge is 0.213 e. The van der Waals surface area contributed by atoms with Gasteiger partial charge < -0.3 is 0 Å². The fraction of sp³-hybridized carbons (Fsp3) is 1.00. The summed E-state index contributed by atoms with van der Waals surface area (Å²) in [6.07, 6.45) is 6.09. The third kappa shape index (κ3) is 1.64. The van der Waals surface area contributed by atoms with Crippen molar-refractivity contribution in [3.05, 3.63) is 0 Å². The Labute approximate surface area is 73.6 Å². The first kappa shape index (κ1) is 8.51. The molecule has 0 amide bonds. The van der Waals surface area contributed by atoms with Crippen LogP contribution in [0.1, 0.15) is 25.7 Å². The van der Waals surface area contributed by atoms with E-state index in [1.807, 2.05) is 0 Å². The minimum Gasteiger partial charge on any atom is -0.213 e. The van der Waals surface area contributed by atoms with E-state index >= 15 is 0 Å². The van der Waals surface area contributed by atoms with Gasteiger partial charge in [-0.25, -0.2) is 13.1 Å². The van der Waals surface area contributed by atoms with Gasteiger partial charge in [-0.3, -0.25) is 0 Å². The van der Waals surface area contributed by atoms with Crippen LogP contribution in [0.4, 0.5) is 0 Å². The van der Waals surface area contributed by atoms with Crippen LogP contribution in [0.5, 0.6) is 0 Å². The normalized spacial score (nSPS) is 40.6. The van der Waals surface area contributed by atoms with Gasteiger partial charge in [0.15, 0.2) is 0 Å². The number of fused-ring (bicyclic) bond motifs is 2. The second-order valence-corrected chi connectivity index (χ2v) is 5.95. The van der Waals surface area contributed by atoms with Crippen molar-refractivity contribution in [3.8, 4) is 0 Å². The first-order chi connectivity index (χ1) is 5.54. The van der Waals surface area contributed by atoms with Crippen molar-refractivity contribution in [1.29, 1.82) is 0 Å². The molecule has 0 saturated heterocycles. The third-order valence-electron chi connectivity index (χ3n) is 3.10. The lowest BCUT2D eigenvalue weighted by atomic mass is 9.96. The van der Waals surface area contributed by atoms with Crippen molar-refractivity contribution < 1.29 is 8.42 Å². The van der Waals surface area contributed by atoms with Crippen LogP contribution in [0.2, 0.25) is 0 Å². The molecule has 1 N–H and O–H groups in total. The van der Waals surface area contributed by atoms with Crippen LogP contribution in [0.25, 0.3) is 0 Å². The molecular weight excluding hydrogens is 174 g/mol. The van der Waals surface area contributed by atoms with Crippen molar-refractivity contribution in [2.24, 2.45) is 11.8 Å². The van der Waals surface area contributed by atoms with E-state index in [4.69, 9.17) is 0 Å². The summed E-state index contributed by atoms with van der Waals surface area (Å²) in [4.78, 5) is 0. The first-order valence-electron chi connectivity index (χ1n) is 4.52. The van der Waals surface area contributed by atoms with Crippen LogP contribution in [0, 0.1) is 11.8 Å². The summed E-state index contributed by atoms with van der Waals surface area (Å²) in [6, 6.07) is 0.249. The van der Waals surface area contributed by atoms with Crippen LogP contribution in [-0.4, -0.2) is 20.7 Å². The second kappa shape index (κ2) is 2.70. The Morgan fingerprint density at radius 3 is 2.42 bits per heavy atom. The SMILES string of the molecule is CS(=O)(=O)N[C@H]1C[C@@H]2CC[C@H]1C2. The molecule has 70 valence electrons. The molecule has 2 aliphatic carbocycles. The van der Waals surface area contributed by atoms with E-state index in [1.54, 1.807) is 0 Å². The maximum absolute atomic E-state index is 11.0. The summed E-state index contributed by atoms with van der Waals surface area (Å²) in [5, 5.41) is 0. The topological polar surface area (TPSA) is 46.2 Å². The van der Waals surface area contributed by atoms with Crippen LogP contribution >= 0.6 is 0 Å². The van der Waals surface area contributed by atoms with Gasteiger partial charge in [0.1, 0.15) is 0 Å². The van der Waals surface area contributed by atoms with Gasteiger partial charge >= 0.3 is 0 Å². The highest BCUT2D eigenvalue weighted by Crippen LogP contribution is 2.44. The Morgan fingerprint density at radius 2 is 2.00 bits per heavy atom. The van der Waals surface area contributed by atoms with E-state index in [2.05, 4.69) is 4.72 Å². The third-order valence-corrected chi connectivity index (χ3v) is 3.83. The lowest BCUT2D eigenvalue weighted by Crippen LogP contribution is -2.37. The molecule has 0 aliphatic heterocycles. The van der Waals surface area contributed by atoms with Gasteiger partial charge in [0.25, 0.3) is 0 Å². The van der Waals surface area contributed by atoms with Gasteiger partial charge in [-0.2, -0.15) is 0 Å². The molecule has 2 fully saturated rings. The molecule has 0 spiro atoms. The first-order valence-corrected chi connectivity index (χ1v) is 6.41. The molecule has 4 heteroatoms. The zero-order chi connectivity index (χ0) is 8.77. The van der Waals surface area contributed by atoms with Gasteiger partial charge in [-0.15, -0.1) is 0 Å². The maximum atomic E-state index is 11.0. The number of nitrogens with one attached hydrogen (secondary N) is 1. The molecule has 3 nitrogen and oxygen atoms in total. The summed E-state index contributed by atoms with van der Waals surface area (Å²) in [5.41, 5.74) is 0. The van der Waals surface area contributed by atoms with Crippen molar-refractivity contribution in [1.82, 2.24) is 4.72 Å². The molecule has 0 heterocycles. The van der Waals surface area contributed by atoms with E-state index < -0.39 is 10.0 Å². The van der Waals surface area contributed by atoms with Gasteiger partial charge in [-0.1, -0.05) is 6.42 Å². The van der Waals surface area contributed by atoms with E-state index in [9.17, 15) is 8.42 Å². The van der Waals surface area contributed by atoms with Gasteiger partial charge in [0.2, 0.25) is 10.0 Å². The van der Waals surface area contributed by atoms with Crippen molar-refractivity contribution in [3.63, 3.8) is 0 Å². The molecule has 0 aromatic carbocycles. The lowest BCUT2D eigenvalue weighted by molar-refractivity contribution is 0.391. The molecule has 12 heavy (non-hydrogen) atoms. The highest BCUT2D eigenvalue weighted by molar-refractivity contribution is 7.88. The van der Waals surface area contributed by atoms with Crippen molar-refractivity contribution in [2.45, 2.75) is 31.7 Å². The predicted molar refractivity (Wildman–Crippen MR) is 47.2 cm³/mol. The zero-order valence-electron chi connectivity index (χ0n) is 7.29. The van der Waals surface area contributed by atoms with Gasteiger partial charge in [0, 0.05) is 6.04 Å². The molecule has 2 aliphatic rings. The minimum atomic E-state index is -2.98. The number of hydrogen-bond donors (Lipinski definition) is 1. The molecule has 0 aromatic heterocycles. The Morgan fingerprint density at radius 1 is 1.25 bits per heavy atom. The monoisotopic (exact) mass is 189 g/mol. The quantitative estimate of drug-likeness (QED) is 0.696. The van der Waals surface area contributed by atoms with Crippen LogP contribution < -0.4 is 4.72 Å². The Hall–Kier alpha value is -0.0900. The summed E-state index contributed by atoms with van der Waals surface area (Å²) in [6.45, 7) is 0. The Kier molecular flexibility index (Phi) is 1.92. The number of hydrogen-bond acceptors (Lipinski definition) is 2. The smallest absolute Gasteiger partial charge is 0.208 e. The predicted octanol–water partition coefficient (Wildman–Crippen LogP) is 0.724. The van der Waals surface area contributed by atoms with Crippen molar-refractivity contribution >= 4 is 10.0 Å². The fourth-order valence-corrected chi connectivity index (χ4v) is 3.50. The number of sulfonamides is 1. The van der Waals surface area contributed by atoms with E-state index in [-0.39, 0.29) is 6.04 Å². The van der Waals surface area contributed by atoms with Crippen molar-refractivity contribution in [2.75, 3.05) is 6.26 Å². The van der Waals surface area contributed by atoms with Crippen LogP contribution in [0.3, 0.4) is 0 Å². The van der Waals surface area contributed by atoms with Crippen LogP contribution in [0.15, 0.2) is 0 Å². The molecule has 0 aromatic rings. The van der Waals surface area contributed by atoms with E-state index in [1.165, 1.54) is 25.5 Å². The summed E-state index contributed by atoms with van der Waals surface area (Å²) in [7, 11) is -2.98. The molecule has 2 bridgehead atoms. The Balaban J connectivity index is 2.00. The van der Waals surface area contributed by atoms with E-state index in [0.717, 1.165) is 12.3 Å². The van der Waals surface area contributed by atoms with Crippen LogP contribution in [-0.2, 0) is 10.0 Å². The van der Waals surface area contributed by atoms with Gasteiger partial charge in [-0.05, 0) is 31.1 Å². The summed E-state index contributed by atoms with van der Waals surface area (Å²) < 4.78 is 24.6. The number of rotatable bonds is 2. The molecule has 3 atom stereocenters. The second-order valence-electron chi connectivity index (χ2n) is 4.17. The lowest BCUT2D eigenvalue weighted by Gasteiger charge is -2.21. The molecule has 0 unspecified atom stereocenters. The fourth-order valence-electron chi connectivity index (χ4n) is 2.66. The highest BCUT2D eigenvalue weighted by atomic mass is 32.2. The highest BCUT2D eigenvalue weighted by Gasteiger charge is 2.40. The molecule has 2 saturated carbocycles. The summed E-state index contributed by atoms with van der Waals surface area (Å²) >= 11 is 0. The molecule has 2 rings (SSSR count). The molecular formula is C8H15NO2S. The van der Waals surface area contributed by atoms with Gasteiger partial charge in [0.05, 0.1) is 6.26 Å².